The van der Waals surface area contributed by atoms with Gasteiger partial charge in [0.15, 0.2) is 0 Å². The molecule has 7 heteroatoms. The number of pyridine rings is 1. The van der Waals surface area contributed by atoms with E-state index in [4.69, 9.17) is 11.6 Å². The van der Waals surface area contributed by atoms with Crippen LogP contribution in [0.2, 0.25) is 5.02 Å². The average Bonchev–Trinajstić information content (AvgIpc) is 2.84. The van der Waals surface area contributed by atoms with Crippen molar-refractivity contribution in [1.29, 1.82) is 0 Å². The number of amides is 1. The number of imidazole rings is 1. The average molecular weight is 320 g/mol. The van der Waals surface area contributed by atoms with Gasteiger partial charge in [-0.1, -0.05) is 11.6 Å². The fourth-order valence-corrected chi connectivity index (χ4v) is 2.24. The fraction of sp³-hybridized carbons (Fsp3) is 0.0667. The first-order chi connectivity index (χ1) is 10.5. The highest BCUT2D eigenvalue weighted by Gasteiger charge is 2.11. The van der Waals surface area contributed by atoms with Crippen LogP contribution in [0.5, 0.6) is 5.75 Å². The van der Waals surface area contributed by atoms with Crippen LogP contribution in [0.25, 0.3) is 5.65 Å². The zero-order valence-corrected chi connectivity index (χ0v) is 12.0. The Balaban J connectivity index is 1.76. The molecule has 0 saturated heterocycles. The maximum Gasteiger partial charge on any atom is 0.230 e. The summed E-state index contributed by atoms with van der Waals surface area (Å²) in [7, 11) is 0. The van der Waals surface area contributed by atoms with Gasteiger partial charge in [0.2, 0.25) is 5.91 Å². The molecular formula is C15H11ClFN3O2. The molecule has 112 valence electrons. The lowest BCUT2D eigenvalue weighted by molar-refractivity contribution is -0.115. The second-order valence-corrected chi connectivity index (χ2v) is 5.17. The van der Waals surface area contributed by atoms with Crippen molar-refractivity contribution in [3.05, 3.63) is 59.3 Å². The maximum atomic E-state index is 13.1. The Labute approximate surface area is 130 Å². The number of anilines is 1. The number of aromatic hydroxyl groups is 1. The van der Waals surface area contributed by atoms with Crippen LogP contribution in [-0.4, -0.2) is 20.4 Å². The Hall–Kier alpha value is -2.60. The number of benzene rings is 1. The van der Waals surface area contributed by atoms with Crippen molar-refractivity contribution >= 4 is 28.8 Å². The maximum absolute atomic E-state index is 13.1. The summed E-state index contributed by atoms with van der Waals surface area (Å²) in [5, 5.41) is 12.6. The van der Waals surface area contributed by atoms with Gasteiger partial charge < -0.3 is 14.8 Å². The summed E-state index contributed by atoms with van der Waals surface area (Å²) in [6.45, 7) is 0. The van der Waals surface area contributed by atoms with Crippen LogP contribution in [0.3, 0.4) is 0 Å². The second kappa shape index (κ2) is 5.65. The third-order valence-corrected chi connectivity index (χ3v) is 3.27. The van der Waals surface area contributed by atoms with Gasteiger partial charge in [0, 0.05) is 17.4 Å². The number of nitrogens with zero attached hydrogens (tertiary/aromatic N) is 2. The van der Waals surface area contributed by atoms with Gasteiger partial charge in [-0.05, 0) is 30.3 Å². The van der Waals surface area contributed by atoms with Gasteiger partial charge in [-0.25, -0.2) is 9.37 Å². The Bertz CT molecular complexity index is 863. The lowest BCUT2D eigenvalue weighted by Crippen LogP contribution is -2.14. The van der Waals surface area contributed by atoms with Crippen LogP contribution >= 0.6 is 11.6 Å². The zero-order chi connectivity index (χ0) is 15.7. The van der Waals surface area contributed by atoms with Gasteiger partial charge in [-0.2, -0.15) is 0 Å². The molecule has 0 unspecified atom stereocenters. The van der Waals surface area contributed by atoms with E-state index >= 15 is 0 Å². The number of rotatable bonds is 3. The molecule has 0 aliphatic rings. The normalized spacial score (nSPS) is 10.8. The summed E-state index contributed by atoms with van der Waals surface area (Å²) in [4.78, 5) is 16.2. The van der Waals surface area contributed by atoms with E-state index in [1.807, 2.05) is 0 Å². The highest BCUT2D eigenvalue weighted by Crippen LogP contribution is 2.26. The van der Waals surface area contributed by atoms with E-state index in [0.29, 0.717) is 16.4 Å². The lowest BCUT2D eigenvalue weighted by Gasteiger charge is -2.06. The molecule has 1 amide bonds. The van der Waals surface area contributed by atoms with Crippen molar-refractivity contribution in [2.75, 3.05) is 5.32 Å². The van der Waals surface area contributed by atoms with Gasteiger partial charge in [0.25, 0.3) is 0 Å². The molecule has 0 aliphatic heterocycles. The number of aromatic nitrogens is 2. The van der Waals surface area contributed by atoms with Gasteiger partial charge in [0.05, 0.1) is 17.8 Å². The van der Waals surface area contributed by atoms with Gasteiger partial charge in [-0.15, -0.1) is 0 Å². The molecule has 0 saturated carbocycles. The summed E-state index contributed by atoms with van der Waals surface area (Å²) in [6.07, 6.45) is 2.86. The predicted octanol–water partition coefficient (Wildman–Crippen LogP) is 3.01. The first-order valence-corrected chi connectivity index (χ1v) is 6.80. The Morgan fingerprint density at radius 1 is 1.32 bits per heavy atom. The van der Waals surface area contributed by atoms with Crippen molar-refractivity contribution in [3.8, 4) is 5.75 Å². The van der Waals surface area contributed by atoms with E-state index in [1.54, 1.807) is 6.20 Å². The molecule has 0 atom stereocenters. The minimum atomic E-state index is -0.384. The number of nitrogens with one attached hydrogen (secondary N) is 1. The number of hydrogen-bond donors (Lipinski definition) is 2. The molecule has 0 aliphatic carbocycles. The quantitative estimate of drug-likeness (QED) is 0.729. The van der Waals surface area contributed by atoms with Crippen molar-refractivity contribution in [2.24, 2.45) is 0 Å². The molecule has 0 spiro atoms. The highest BCUT2D eigenvalue weighted by atomic mass is 35.5. The molecule has 5 nitrogen and oxygen atoms in total. The van der Waals surface area contributed by atoms with E-state index in [-0.39, 0.29) is 29.6 Å². The topological polar surface area (TPSA) is 66.6 Å². The number of fused-ring (bicyclic) bond motifs is 1. The first-order valence-electron chi connectivity index (χ1n) is 6.43. The predicted molar refractivity (Wildman–Crippen MR) is 80.6 cm³/mol. The van der Waals surface area contributed by atoms with Crippen molar-refractivity contribution in [1.82, 2.24) is 9.38 Å². The standard InChI is InChI=1S/C15H11ClFN3O2/c16-9-1-3-13(21)12(5-9)19-15(22)6-11-8-20-7-10(17)2-4-14(20)18-11/h1-5,7-8,21H,6H2,(H,19,22). The van der Waals surface area contributed by atoms with Crippen LogP contribution in [0, 0.1) is 5.82 Å². The zero-order valence-electron chi connectivity index (χ0n) is 11.3. The summed E-state index contributed by atoms with van der Waals surface area (Å²) in [5.74, 6) is -0.819. The Morgan fingerprint density at radius 2 is 2.14 bits per heavy atom. The van der Waals surface area contributed by atoms with E-state index in [2.05, 4.69) is 10.3 Å². The van der Waals surface area contributed by atoms with Gasteiger partial charge in [0.1, 0.15) is 17.2 Å². The van der Waals surface area contributed by atoms with Gasteiger partial charge in [-0.3, -0.25) is 4.79 Å². The molecule has 3 aromatic rings. The molecule has 2 heterocycles. The number of phenolic OH excluding ortho intramolecular Hbond substituents is 1. The Kier molecular flexibility index (Phi) is 3.68. The molecule has 22 heavy (non-hydrogen) atoms. The van der Waals surface area contributed by atoms with Crippen LogP contribution in [-0.2, 0) is 11.2 Å². The number of phenols is 1. The summed E-state index contributed by atoms with van der Waals surface area (Å²) >= 11 is 5.82. The molecule has 3 rings (SSSR count). The number of carbonyl (C=O) groups is 1. The number of hydrogen-bond acceptors (Lipinski definition) is 3. The number of carbonyl (C=O) groups excluding carboxylic acids is 1. The highest BCUT2D eigenvalue weighted by molar-refractivity contribution is 6.31. The van der Waals surface area contributed by atoms with Gasteiger partial charge >= 0.3 is 0 Å². The molecule has 2 N–H and O–H groups in total. The van der Waals surface area contributed by atoms with E-state index in [0.717, 1.165) is 0 Å². The van der Waals surface area contributed by atoms with E-state index in [1.165, 1.54) is 40.9 Å². The summed E-state index contributed by atoms with van der Waals surface area (Å²) in [5.41, 5.74) is 1.27. The molecule has 0 radical (unpaired) electrons. The molecule has 0 fully saturated rings. The van der Waals surface area contributed by atoms with Crippen molar-refractivity contribution < 1.29 is 14.3 Å². The SMILES string of the molecule is O=C(Cc1cn2cc(F)ccc2n1)Nc1cc(Cl)ccc1O. The lowest BCUT2D eigenvalue weighted by atomic mass is 10.2. The van der Waals surface area contributed by atoms with Crippen LogP contribution in [0.4, 0.5) is 10.1 Å². The third-order valence-electron chi connectivity index (χ3n) is 3.04. The molecular weight excluding hydrogens is 309 g/mol. The molecule has 0 bridgehead atoms. The minimum Gasteiger partial charge on any atom is -0.506 e. The largest absolute Gasteiger partial charge is 0.506 e. The van der Waals surface area contributed by atoms with Crippen molar-refractivity contribution in [2.45, 2.75) is 6.42 Å². The molecule has 1 aromatic carbocycles. The summed E-state index contributed by atoms with van der Waals surface area (Å²) < 4.78 is 14.6. The smallest absolute Gasteiger partial charge is 0.230 e. The van der Waals surface area contributed by atoms with Crippen LogP contribution in [0.15, 0.2) is 42.7 Å². The summed E-state index contributed by atoms with van der Waals surface area (Å²) in [6, 6.07) is 7.19. The van der Waals surface area contributed by atoms with E-state index in [9.17, 15) is 14.3 Å². The monoisotopic (exact) mass is 319 g/mol. The number of halogens is 2. The minimum absolute atomic E-state index is 0.00471. The van der Waals surface area contributed by atoms with Crippen molar-refractivity contribution in [3.63, 3.8) is 0 Å². The van der Waals surface area contributed by atoms with E-state index < -0.39 is 0 Å². The Morgan fingerprint density at radius 3 is 2.95 bits per heavy atom. The first kappa shape index (κ1) is 14.3. The third kappa shape index (κ3) is 3.01. The van der Waals surface area contributed by atoms with Crippen LogP contribution in [0.1, 0.15) is 5.69 Å². The fourth-order valence-electron chi connectivity index (χ4n) is 2.07. The van der Waals surface area contributed by atoms with Crippen LogP contribution < -0.4 is 5.32 Å². The molecule has 2 aromatic heterocycles. The second-order valence-electron chi connectivity index (χ2n) is 4.73.